The number of ketones is 1. The first-order chi connectivity index (χ1) is 17.9. The lowest BCUT2D eigenvalue weighted by Crippen LogP contribution is -2.12. The molecule has 1 rings (SSSR count). The summed E-state index contributed by atoms with van der Waals surface area (Å²) < 4.78 is 11.4. The van der Waals surface area contributed by atoms with E-state index in [-0.39, 0.29) is 17.8 Å². The van der Waals surface area contributed by atoms with Crippen molar-refractivity contribution >= 4 is 17.7 Å². The smallest absolute Gasteiger partial charge is 0.163 e. The molecule has 0 fully saturated rings. The SMILES string of the molecule is C/C=C(CC(C=Nc1cc(OC(C)C)c(OC)cc1C(C)=O)C(C)C)/C(/C=C\C=C(C)C)=C/CCC(C)C. The van der Waals surface area contributed by atoms with Crippen LogP contribution in [0.25, 0.3) is 0 Å². The van der Waals surface area contributed by atoms with Gasteiger partial charge < -0.3 is 9.47 Å². The van der Waals surface area contributed by atoms with Crippen molar-refractivity contribution in [2.45, 2.75) is 94.6 Å². The topological polar surface area (TPSA) is 47.9 Å². The molecule has 0 spiro atoms. The summed E-state index contributed by atoms with van der Waals surface area (Å²) in [4.78, 5) is 17.3. The highest BCUT2D eigenvalue weighted by Crippen LogP contribution is 2.36. The van der Waals surface area contributed by atoms with Gasteiger partial charge in [0.15, 0.2) is 17.3 Å². The number of Topliss-reactive ketones (excluding diaryl/α,β-unsaturated/α-hetero) is 1. The monoisotopic (exact) mass is 521 g/mol. The third-order valence-electron chi connectivity index (χ3n) is 6.27. The van der Waals surface area contributed by atoms with Crippen LogP contribution in [0.3, 0.4) is 0 Å². The lowest BCUT2D eigenvalue weighted by molar-refractivity contribution is 0.101. The van der Waals surface area contributed by atoms with Crippen molar-refractivity contribution in [3.8, 4) is 11.5 Å². The van der Waals surface area contributed by atoms with Crippen LogP contribution in [0.1, 0.15) is 98.9 Å². The van der Waals surface area contributed by atoms with E-state index in [9.17, 15) is 4.79 Å². The minimum absolute atomic E-state index is 0.0233. The van der Waals surface area contributed by atoms with Gasteiger partial charge in [-0.2, -0.15) is 0 Å². The molecule has 4 heteroatoms. The van der Waals surface area contributed by atoms with Crippen LogP contribution in [0.15, 0.2) is 64.2 Å². The van der Waals surface area contributed by atoms with E-state index in [2.05, 4.69) is 78.8 Å². The van der Waals surface area contributed by atoms with Crippen molar-refractivity contribution in [3.05, 3.63) is 64.8 Å². The first-order valence-electron chi connectivity index (χ1n) is 14.0. The van der Waals surface area contributed by atoms with Gasteiger partial charge in [-0.3, -0.25) is 9.79 Å². The van der Waals surface area contributed by atoms with Crippen LogP contribution >= 0.6 is 0 Å². The van der Waals surface area contributed by atoms with Gasteiger partial charge in [-0.1, -0.05) is 63.6 Å². The lowest BCUT2D eigenvalue weighted by atomic mass is 9.86. The predicted molar refractivity (Wildman–Crippen MR) is 164 cm³/mol. The van der Waals surface area contributed by atoms with E-state index < -0.39 is 0 Å². The molecule has 0 radical (unpaired) electrons. The number of ether oxygens (including phenoxy) is 2. The van der Waals surface area contributed by atoms with Gasteiger partial charge in [0.1, 0.15) is 0 Å². The Kier molecular flexibility index (Phi) is 14.7. The third-order valence-corrected chi connectivity index (χ3v) is 6.27. The molecule has 0 aliphatic carbocycles. The molecule has 0 aliphatic heterocycles. The largest absolute Gasteiger partial charge is 0.493 e. The van der Waals surface area contributed by atoms with Crippen LogP contribution < -0.4 is 9.47 Å². The fourth-order valence-electron chi connectivity index (χ4n) is 3.96. The zero-order chi connectivity index (χ0) is 28.8. The molecule has 0 saturated carbocycles. The zero-order valence-electron chi connectivity index (χ0n) is 25.7. The molecule has 0 amide bonds. The number of carbonyl (C=O) groups is 1. The summed E-state index contributed by atoms with van der Waals surface area (Å²) in [6.07, 6.45) is 16.2. The molecular formula is C34H51NO3. The molecule has 0 aliphatic rings. The number of hydrogen-bond donors (Lipinski definition) is 0. The maximum absolute atomic E-state index is 12.5. The lowest BCUT2D eigenvalue weighted by Gasteiger charge is -2.20. The summed E-state index contributed by atoms with van der Waals surface area (Å²) in [7, 11) is 1.58. The molecule has 0 saturated heterocycles. The summed E-state index contributed by atoms with van der Waals surface area (Å²) in [6, 6.07) is 3.55. The standard InChI is InChI=1S/C34H51NO3/c1-12-28(29(17-13-15-23(2)3)18-14-16-24(4)5)19-30(25(6)7)22-35-32-21-34(38-26(8)9)33(37-11)20-31(32)27(10)36/h12-13,15,17-18,20-22,24-26,30H,14,16,19H2,1-11H3/b17-13-,28-12+,29-18+,35-22?. The molecular weight excluding hydrogens is 470 g/mol. The third kappa shape index (κ3) is 11.7. The minimum Gasteiger partial charge on any atom is -0.493 e. The Morgan fingerprint density at radius 1 is 1.03 bits per heavy atom. The van der Waals surface area contributed by atoms with Gasteiger partial charge >= 0.3 is 0 Å². The molecule has 0 N–H and O–H groups in total. The van der Waals surface area contributed by atoms with Crippen molar-refractivity contribution < 1.29 is 14.3 Å². The number of methoxy groups -OCH3 is 1. The first-order valence-corrected chi connectivity index (χ1v) is 14.0. The second kappa shape index (κ2) is 16.9. The predicted octanol–water partition coefficient (Wildman–Crippen LogP) is 9.88. The van der Waals surface area contributed by atoms with Gasteiger partial charge in [-0.25, -0.2) is 0 Å². The average molecular weight is 522 g/mol. The van der Waals surface area contributed by atoms with Gasteiger partial charge in [0.2, 0.25) is 0 Å². The van der Waals surface area contributed by atoms with Crippen molar-refractivity contribution in [2.75, 3.05) is 7.11 Å². The van der Waals surface area contributed by atoms with E-state index in [1.54, 1.807) is 20.1 Å². The summed E-state index contributed by atoms with van der Waals surface area (Å²) in [5.41, 5.74) is 4.99. The second-order valence-electron chi connectivity index (χ2n) is 11.2. The molecule has 210 valence electrons. The average Bonchev–Trinajstić information content (AvgIpc) is 2.82. The highest BCUT2D eigenvalue weighted by atomic mass is 16.5. The summed E-state index contributed by atoms with van der Waals surface area (Å²) in [5, 5.41) is 0. The molecule has 38 heavy (non-hydrogen) atoms. The Morgan fingerprint density at radius 2 is 1.71 bits per heavy atom. The van der Waals surface area contributed by atoms with Crippen LogP contribution in [0.4, 0.5) is 5.69 Å². The number of rotatable bonds is 15. The number of nitrogens with zero attached hydrogens (tertiary/aromatic N) is 1. The highest BCUT2D eigenvalue weighted by Gasteiger charge is 2.18. The van der Waals surface area contributed by atoms with E-state index in [4.69, 9.17) is 14.5 Å². The highest BCUT2D eigenvalue weighted by molar-refractivity contribution is 6.00. The Balaban J connectivity index is 3.41. The van der Waals surface area contributed by atoms with Crippen LogP contribution in [-0.2, 0) is 0 Å². The summed E-state index contributed by atoms with van der Waals surface area (Å²) >= 11 is 0. The normalized spacial score (nSPS) is 13.7. The molecule has 1 aromatic rings. The maximum atomic E-state index is 12.5. The molecule has 0 heterocycles. The molecule has 4 nitrogen and oxygen atoms in total. The van der Waals surface area contributed by atoms with Crippen molar-refractivity contribution in [1.29, 1.82) is 0 Å². The van der Waals surface area contributed by atoms with Crippen molar-refractivity contribution in [1.82, 2.24) is 0 Å². The zero-order valence-corrected chi connectivity index (χ0v) is 25.7. The minimum atomic E-state index is -0.0541. The number of allylic oxidation sites excluding steroid dienone is 8. The number of hydrogen-bond acceptors (Lipinski definition) is 4. The molecule has 0 aromatic heterocycles. The van der Waals surface area contributed by atoms with E-state index in [0.29, 0.717) is 34.6 Å². The molecule has 0 bridgehead atoms. The number of carbonyl (C=O) groups excluding carboxylic acids is 1. The van der Waals surface area contributed by atoms with Gasteiger partial charge in [0, 0.05) is 23.8 Å². The van der Waals surface area contributed by atoms with Gasteiger partial charge in [-0.05, 0) is 89.9 Å². The quantitative estimate of drug-likeness (QED) is 0.131. The van der Waals surface area contributed by atoms with Crippen LogP contribution in [-0.4, -0.2) is 25.2 Å². The number of aliphatic imine (C=N–C) groups is 1. The fourth-order valence-corrected chi connectivity index (χ4v) is 3.96. The summed E-state index contributed by atoms with van der Waals surface area (Å²) in [6.45, 7) is 20.8. The first kappa shape index (κ1) is 33.1. The Morgan fingerprint density at radius 3 is 2.21 bits per heavy atom. The molecule has 1 unspecified atom stereocenters. The Hall–Kier alpha value is -2.88. The molecule has 1 aromatic carbocycles. The Bertz CT molecular complexity index is 1050. The Labute approximate surface area is 232 Å². The summed E-state index contributed by atoms with van der Waals surface area (Å²) in [5.74, 6) is 2.32. The van der Waals surface area contributed by atoms with E-state index in [1.807, 2.05) is 26.1 Å². The molecule has 1 atom stereocenters. The fraction of sp³-hybridized carbons (Fsp3) is 0.529. The van der Waals surface area contributed by atoms with Crippen LogP contribution in [0, 0.1) is 17.8 Å². The maximum Gasteiger partial charge on any atom is 0.163 e. The van der Waals surface area contributed by atoms with E-state index >= 15 is 0 Å². The van der Waals surface area contributed by atoms with Crippen molar-refractivity contribution in [2.24, 2.45) is 22.7 Å². The van der Waals surface area contributed by atoms with Gasteiger partial charge in [0.05, 0.1) is 18.9 Å². The van der Waals surface area contributed by atoms with Gasteiger partial charge in [-0.15, -0.1) is 0 Å². The van der Waals surface area contributed by atoms with Crippen LogP contribution in [0.2, 0.25) is 0 Å². The van der Waals surface area contributed by atoms with E-state index in [0.717, 1.165) is 19.3 Å². The van der Waals surface area contributed by atoms with Gasteiger partial charge in [0.25, 0.3) is 0 Å². The van der Waals surface area contributed by atoms with Crippen molar-refractivity contribution in [3.63, 3.8) is 0 Å². The van der Waals surface area contributed by atoms with Crippen LogP contribution in [0.5, 0.6) is 11.5 Å². The second-order valence-corrected chi connectivity index (χ2v) is 11.2. The number of benzene rings is 1. The van der Waals surface area contributed by atoms with E-state index in [1.165, 1.54) is 16.7 Å².